The van der Waals surface area contributed by atoms with Crippen LogP contribution in [-0.4, -0.2) is 88.1 Å². The first kappa shape index (κ1) is 33.2. The Morgan fingerprint density at radius 3 is 1.97 bits per heavy atom. The van der Waals surface area contributed by atoms with Gasteiger partial charge in [0, 0.05) is 71.6 Å². The second kappa shape index (κ2) is 20.2. The van der Waals surface area contributed by atoms with Crippen molar-refractivity contribution < 1.29 is 33.4 Å². The third-order valence-corrected chi connectivity index (χ3v) is 6.93. The molecule has 1 saturated carbocycles. The average molecular weight is 527 g/mol. The molecule has 0 bridgehead atoms. The van der Waals surface area contributed by atoms with E-state index in [9.17, 15) is 19.2 Å². The maximum absolute atomic E-state index is 12.5. The smallest absolute Gasteiger partial charge is 0.223 e. The number of nitrogens with zero attached hydrogens (tertiary/aromatic N) is 1. The molecule has 0 aromatic heterocycles. The number of Topliss-reactive ketones (excluding diaryl/α,β-unsaturated/α-hetero) is 2. The lowest BCUT2D eigenvalue weighted by Gasteiger charge is -2.28. The van der Waals surface area contributed by atoms with Crippen LogP contribution in [0.15, 0.2) is 0 Å². The fourth-order valence-electron chi connectivity index (χ4n) is 4.38. The van der Waals surface area contributed by atoms with Crippen LogP contribution in [0.4, 0.5) is 0 Å². The molecule has 1 aliphatic rings. The zero-order chi connectivity index (χ0) is 27.5. The van der Waals surface area contributed by atoms with Gasteiger partial charge in [-0.05, 0) is 57.8 Å². The topological polar surface area (TPSA) is 111 Å². The van der Waals surface area contributed by atoms with Gasteiger partial charge in [-0.1, -0.05) is 6.92 Å². The van der Waals surface area contributed by atoms with Gasteiger partial charge in [0.25, 0.3) is 0 Å². The van der Waals surface area contributed by atoms with Crippen molar-refractivity contribution in [2.45, 2.75) is 78.6 Å². The lowest BCUT2D eigenvalue weighted by molar-refractivity contribution is -0.128. The average Bonchev–Trinajstić information content (AvgIpc) is 2.86. The highest BCUT2D eigenvalue weighted by molar-refractivity contribution is 5.85. The minimum atomic E-state index is -0.284. The fraction of sp³-hybridized carbons (Fsp3) is 0.857. The Labute approximate surface area is 223 Å². The van der Waals surface area contributed by atoms with Gasteiger partial charge in [0.05, 0.1) is 19.8 Å². The zero-order valence-corrected chi connectivity index (χ0v) is 23.6. The molecule has 1 unspecified atom stereocenters. The second-order valence-electron chi connectivity index (χ2n) is 10.3. The van der Waals surface area contributed by atoms with E-state index in [0.29, 0.717) is 70.9 Å². The molecule has 1 N–H and O–H groups in total. The van der Waals surface area contributed by atoms with Crippen LogP contribution < -0.4 is 5.32 Å². The molecule has 0 heterocycles. The van der Waals surface area contributed by atoms with Crippen molar-refractivity contribution >= 4 is 23.4 Å². The van der Waals surface area contributed by atoms with Gasteiger partial charge in [-0.2, -0.15) is 0 Å². The Balaban J connectivity index is 1.93. The van der Waals surface area contributed by atoms with Crippen molar-refractivity contribution in [2.24, 2.45) is 17.8 Å². The van der Waals surface area contributed by atoms with Crippen LogP contribution in [0.25, 0.3) is 0 Å². The summed E-state index contributed by atoms with van der Waals surface area (Å²) in [5.74, 6) is 0.596. The largest absolute Gasteiger partial charge is 0.380 e. The van der Waals surface area contributed by atoms with Gasteiger partial charge in [-0.15, -0.1) is 0 Å². The maximum Gasteiger partial charge on any atom is 0.223 e. The third kappa shape index (κ3) is 16.6. The highest BCUT2D eigenvalue weighted by atomic mass is 16.5. The normalized spacial score (nSPS) is 18.3. The molecule has 1 rings (SSSR count). The van der Waals surface area contributed by atoms with E-state index in [4.69, 9.17) is 14.2 Å². The molecule has 0 radical (unpaired) electrons. The Morgan fingerprint density at radius 1 is 0.838 bits per heavy atom. The summed E-state index contributed by atoms with van der Waals surface area (Å²) in [4.78, 5) is 48.5. The number of ether oxygens (including phenoxy) is 3. The van der Waals surface area contributed by atoms with Crippen molar-refractivity contribution in [3.05, 3.63) is 0 Å². The Morgan fingerprint density at radius 2 is 1.41 bits per heavy atom. The summed E-state index contributed by atoms with van der Waals surface area (Å²) in [5, 5.41) is 2.97. The molecule has 1 aliphatic carbocycles. The monoisotopic (exact) mass is 526 g/mol. The van der Waals surface area contributed by atoms with Crippen LogP contribution >= 0.6 is 0 Å². The first-order chi connectivity index (χ1) is 17.7. The molecule has 0 saturated heterocycles. The summed E-state index contributed by atoms with van der Waals surface area (Å²) in [5.41, 5.74) is 0. The molecule has 2 amide bonds. The maximum atomic E-state index is 12.5. The number of hydrogen-bond donors (Lipinski definition) is 1. The molecule has 0 spiro atoms. The van der Waals surface area contributed by atoms with Crippen LogP contribution in [0.1, 0.15) is 78.6 Å². The van der Waals surface area contributed by atoms with Crippen LogP contribution in [-0.2, 0) is 33.4 Å². The molecule has 0 aromatic carbocycles. The molecule has 1 atom stereocenters. The van der Waals surface area contributed by atoms with E-state index < -0.39 is 0 Å². The van der Waals surface area contributed by atoms with Crippen LogP contribution in [0.3, 0.4) is 0 Å². The molecular formula is C28H50N2O7. The van der Waals surface area contributed by atoms with E-state index in [1.54, 1.807) is 25.8 Å². The van der Waals surface area contributed by atoms with Crippen molar-refractivity contribution in [3.8, 4) is 0 Å². The van der Waals surface area contributed by atoms with Crippen LogP contribution in [0.5, 0.6) is 0 Å². The molecule has 1 fully saturated rings. The Hall–Kier alpha value is -1.84. The van der Waals surface area contributed by atoms with Crippen molar-refractivity contribution in [2.75, 3.05) is 59.8 Å². The number of hydrogen-bond acceptors (Lipinski definition) is 7. The molecule has 9 heteroatoms. The third-order valence-electron chi connectivity index (χ3n) is 6.93. The standard InChI is InChI=1S/C28H50N2O7/c1-22(20-23(2)31)28(34)29-21-25-9-11-26(12-10-25)27(33)8-7-16-37-19-18-36-15-6-5-14-35-17-13-30(4)24(3)32/h22,25-26H,5-21H2,1-4H3,(H,29,34). The van der Waals surface area contributed by atoms with E-state index in [2.05, 4.69) is 5.32 Å². The second-order valence-corrected chi connectivity index (χ2v) is 10.3. The summed E-state index contributed by atoms with van der Waals surface area (Å²) in [6.45, 7) is 9.61. The minimum Gasteiger partial charge on any atom is -0.380 e. The van der Waals surface area contributed by atoms with Gasteiger partial charge in [-0.3, -0.25) is 14.4 Å². The SMILES string of the molecule is CC(=O)CC(C)C(=O)NCC1CCC(C(=O)CCCOCCOCCCCOCCN(C)C(C)=O)CC1. The van der Waals surface area contributed by atoms with Crippen molar-refractivity contribution in [1.82, 2.24) is 10.2 Å². The summed E-state index contributed by atoms with van der Waals surface area (Å²) in [6.07, 6.45) is 7.09. The predicted molar refractivity (Wildman–Crippen MR) is 142 cm³/mol. The Kier molecular flexibility index (Phi) is 18.1. The molecule has 9 nitrogen and oxygen atoms in total. The number of likely N-dealkylation sites (N-methyl/N-ethyl adjacent to an activating group) is 1. The van der Waals surface area contributed by atoms with Crippen molar-refractivity contribution in [3.63, 3.8) is 0 Å². The first-order valence-corrected chi connectivity index (χ1v) is 14.0. The molecule has 214 valence electrons. The van der Waals surface area contributed by atoms with Crippen molar-refractivity contribution in [1.29, 1.82) is 0 Å². The Bertz CT molecular complexity index is 677. The number of nitrogens with one attached hydrogen (secondary N) is 1. The number of ketones is 2. The zero-order valence-electron chi connectivity index (χ0n) is 23.6. The van der Waals surface area contributed by atoms with Gasteiger partial charge < -0.3 is 29.2 Å². The number of unbranched alkanes of at least 4 members (excludes halogenated alkanes) is 1. The van der Waals surface area contributed by atoms with Gasteiger partial charge in [0.2, 0.25) is 11.8 Å². The highest BCUT2D eigenvalue weighted by Crippen LogP contribution is 2.30. The number of amides is 2. The van der Waals surface area contributed by atoms with E-state index in [1.165, 1.54) is 6.92 Å². The molecule has 0 aromatic rings. The quantitative estimate of drug-likeness (QED) is 0.229. The van der Waals surface area contributed by atoms with E-state index >= 15 is 0 Å². The minimum absolute atomic E-state index is 0.0292. The summed E-state index contributed by atoms with van der Waals surface area (Å²) in [6, 6.07) is 0. The van der Waals surface area contributed by atoms with Gasteiger partial charge in [0.1, 0.15) is 11.6 Å². The molecule has 0 aliphatic heterocycles. The fourth-order valence-corrected chi connectivity index (χ4v) is 4.38. The van der Waals surface area contributed by atoms with Gasteiger partial charge in [-0.25, -0.2) is 0 Å². The summed E-state index contributed by atoms with van der Waals surface area (Å²) < 4.78 is 16.7. The van der Waals surface area contributed by atoms with E-state index in [0.717, 1.165) is 44.9 Å². The number of rotatable bonds is 21. The number of carbonyl (C=O) groups is 4. The van der Waals surface area contributed by atoms with Gasteiger partial charge in [0.15, 0.2) is 0 Å². The molecule has 37 heavy (non-hydrogen) atoms. The number of carbonyl (C=O) groups excluding carboxylic acids is 4. The lowest BCUT2D eigenvalue weighted by Crippen LogP contribution is -2.35. The highest BCUT2D eigenvalue weighted by Gasteiger charge is 2.26. The summed E-state index contributed by atoms with van der Waals surface area (Å²) in [7, 11) is 1.76. The summed E-state index contributed by atoms with van der Waals surface area (Å²) >= 11 is 0. The van der Waals surface area contributed by atoms with Gasteiger partial charge >= 0.3 is 0 Å². The van der Waals surface area contributed by atoms with Crippen LogP contribution in [0, 0.1) is 17.8 Å². The van der Waals surface area contributed by atoms with E-state index in [1.807, 2.05) is 0 Å². The predicted octanol–water partition coefficient (Wildman–Crippen LogP) is 3.18. The first-order valence-electron chi connectivity index (χ1n) is 14.0. The van der Waals surface area contributed by atoms with E-state index in [-0.39, 0.29) is 35.9 Å². The van der Waals surface area contributed by atoms with Crippen LogP contribution in [0.2, 0.25) is 0 Å². The lowest BCUT2D eigenvalue weighted by atomic mass is 9.79. The molecular weight excluding hydrogens is 476 g/mol.